The second-order valence-corrected chi connectivity index (χ2v) is 10.6. The molecule has 3 rings (SSSR count). The Morgan fingerprint density at radius 1 is 1.00 bits per heavy atom. The molecule has 0 aliphatic heterocycles. The largest absolute Gasteiger partial charge is 0.492 e. The summed E-state index contributed by atoms with van der Waals surface area (Å²) in [5.74, 6) is 0.595. The van der Waals surface area contributed by atoms with Crippen molar-refractivity contribution in [2.45, 2.75) is 89.3 Å². The van der Waals surface area contributed by atoms with E-state index in [-0.39, 0.29) is 17.9 Å². The standard InChI is InChI=1S/C30H38ClFO5/c1-3-4-5-28(32)30(34)37-27-16-10-23(11-17-27)7-6-22-8-14-26(15-9-22)36-29(33)24-12-18-25(19-13-24)35-20-21(2)31/h8-9,12-15,18-19,21,23,27-28H,3-7,10-11,16-17,20H2,1-2H3/t21-,23?,27?,28-/m0/s1. The van der Waals surface area contributed by atoms with Crippen LogP contribution in [-0.4, -0.2) is 36.2 Å². The van der Waals surface area contributed by atoms with Crippen molar-refractivity contribution in [3.05, 3.63) is 59.7 Å². The maximum Gasteiger partial charge on any atom is 0.343 e. The van der Waals surface area contributed by atoms with E-state index in [2.05, 4.69) is 0 Å². The monoisotopic (exact) mass is 532 g/mol. The molecule has 0 unspecified atom stereocenters. The van der Waals surface area contributed by atoms with Crippen molar-refractivity contribution >= 4 is 23.5 Å². The van der Waals surface area contributed by atoms with E-state index in [1.807, 2.05) is 38.1 Å². The van der Waals surface area contributed by atoms with Gasteiger partial charge >= 0.3 is 11.9 Å². The summed E-state index contributed by atoms with van der Waals surface area (Å²) in [5, 5.41) is -0.0918. The summed E-state index contributed by atoms with van der Waals surface area (Å²) < 4.78 is 30.3. The third-order valence-electron chi connectivity index (χ3n) is 6.69. The van der Waals surface area contributed by atoms with Crippen LogP contribution < -0.4 is 9.47 Å². The fourth-order valence-electron chi connectivity index (χ4n) is 4.44. The Bertz CT molecular complexity index is 968. The molecule has 7 heteroatoms. The molecule has 37 heavy (non-hydrogen) atoms. The predicted octanol–water partition coefficient (Wildman–Crippen LogP) is 7.47. The molecule has 0 amide bonds. The molecule has 0 spiro atoms. The number of rotatable bonds is 13. The number of aryl methyl sites for hydroxylation is 1. The number of carbonyl (C=O) groups excluding carboxylic acids is 2. The molecule has 1 aliphatic rings. The summed E-state index contributed by atoms with van der Waals surface area (Å²) >= 11 is 5.89. The number of ether oxygens (including phenoxy) is 3. The smallest absolute Gasteiger partial charge is 0.343 e. The van der Waals surface area contributed by atoms with E-state index in [4.69, 9.17) is 25.8 Å². The molecule has 0 saturated heterocycles. The van der Waals surface area contributed by atoms with Crippen molar-refractivity contribution < 1.29 is 28.2 Å². The minimum Gasteiger partial charge on any atom is -0.492 e. The number of hydrogen-bond acceptors (Lipinski definition) is 5. The molecular formula is C30H38ClFO5. The van der Waals surface area contributed by atoms with Gasteiger partial charge < -0.3 is 14.2 Å². The molecule has 0 radical (unpaired) electrons. The predicted molar refractivity (Wildman–Crippen MR) is 143 cm³/mol. The topological polar surface area (TPSA) is 61.8 Å². The molecular weight excluding hydrogens is 495 g/mol. The van der Waals surface area contributed by atoms with Gasteiger partial charge in [0.05, 0.1) is 10.9 Å². The van der Waals surface area contributed by atoms with Crippen LogP contribution >= 0.6 is 11.6 Å². The normalized spacial score (nSPS) is 19.0. The number of alkyl halides is 2. The third kappa shape index (κ3) is 9.99. The average Bonchev–Trinajstić information content (AvgIpc) is 2.91. The van der Waals surface area contributed by atoms with Gasteiger partial charge in [-0.3, -0.25) is 0 Å². The van der Waals surface area contributed by atoms with Gasteiger partial charge in [0, 0.05) is 0 Å². The molecule has 0 bridgehead atoms. The Hall–Kier alpha value is -2.60. The first kappa shape index (κ1) is 29.0. The first-order chi connectivity index (χ1) is 17.8. The van der Waals surface area contributed by atoms with Gasteiger partial charge in [-0.2, -0.15) is 0 Å². The van der Waals surface area contributed by atoms with Gasteiger partial charge in [-0.1, -0.05) is 31.9 Å². The van der Waals surface area contributed by atoms with Crippen molar-refractivity contribution in [3.63, 3.8) is 0 Å². The summed E-state index contributed by atoms with van der Waals surface area (Å²) in [5.41, 5.74) is 1.62. The van der Waals surface area contributed by atoms with Crippen LogP contribution in [0.1, 0.15) is 81.1 Å². The zero-order valence-corrected chi connectivity index (χ0v) is 22.6. The van der Waals surface area contributed by atoms with Gasteiger partial charge in [0.1, 0.15) is 24.2 Å². The van der Waals surface area contributed by atoms with Gasteiger partial charge in [-0.25, -0.2) is 14.0 Å². The lowest BCUT2D eigenvalue weighted by Gasteiger charge is -2.28. The van der Waals surface area contributed by atoms with E-state index in [0.717, 1.165) is 44.9 Å². The minimum atomic E-state index is -1.50. The van der Waals surface area contributed by atoms with Crippen LogP contribution in [0.15, 0.2) is 48.5 Å². The van der Waals surface area contributed by atoms with Crippen LogP contribution in [0.5, 0.6) is 11.5 Å². The van der Waals surface area contributed by atoms with E-state index in [0.29, 0.717) is 36.0 Å². The Balaban J connectivity index is 1.37. The summed E-state index contributed by atoms with van der Waals surface area (Å²) in [6, 6.07) is 14.4. The Morgan fingerprint density at radius 3 is 2.27 bits per heavy atom. The first-order valence-corrected chi connectivity index (χ1v) is 13.8. The van der Waals surface area contributed by atoms with Crippen molar-refractivity contribution in [1.82, 2.24) is 0 Å². The highest BCUT2D eigenvalue weighted by Gasteiger charge is 2.27. The summed E-state index contributed by atoms with van der Waals surface area (Å²) in [7, 11) is 0. The Labute approximate surface area is 224 Å². The number of carbonyl (C=O) groups is 2. The highest BCUT2D eigenvalue weighted by molar-refractivity contribution is 6.20. The zero-order valence-electron chi connectivity index (χ0n) is 21.8. The SMILES string of the molecule is CCCC[C@H](F)C(=O)OC1CCC(CCc2ccc(OC(=O)c3ccc(OC[C@H](C)Cl)cc3)cc2)CC1. The van der Waals surface area contributed by atoms with Crippen LogP contribution in [0, 0.1) is 5.92 Å². The number of halogens is 2. The zero-order chi connectivity index (χ0) is 26.6. The highest BCUT2D eigenvalue weighted by Crippen LogP contribution is 2.30. The van der Waals surface area contributed by atoms with E-state index in [1.165, 1.54) is 5.56 Å². The van der Waals surface area contributed by atoms with E-state index < -0.39 is 18.1 Å². The van der Waals surface area contributed by atoms with Crippen LogP contribution in [0.3, 0.4) is 0 Å². The first-order valence-electron chi connectivity index (χ1n) is 13.4. The summed E-state index contributed by atoms with van der Waals surface area (Å²) in [6.07, 6.45) is 5.69. The molecule has 5 nitrogen and oxygen atoms in total. The fourth-order valence-corrected chi connectivity index (χ4v) is 4.50. The third-order valence-corrected chi connectivity index (χ3v) is 6.81. The number of benzene rings is 2. The van der Waals surface area contributed by atoms with E-state index in [1.54, 1.807) is 24.3 Å². The number of esters is 2. The number of hydrogen-bond donors (Lipinski definition) is 0. The minimum absolute atomic E-state index is 0.0918. The Morgan fingerprint density at radius 2 is 1.65 bits per heavy atom. The van der Waals surface area contributed by atoms with Crippen LogP contribution in [0.25, 0.3) is 0 Å². The van der Waals surface area contributed by atoms with Crippen LogP contribution in [0.2, 0.25) is 0 Å². The molecule has 1 fully saturated rings. The maximum atomic E-state index is 13.9. The lowest BCUT2D eigenvalue weighted by atomic mass is 9.83. The molecule has 202 valence electrons. The Kier molecular flexibility index (Phi) is 11.7. The fraction of sp³-hybridized carbons (Fsp3) is 0.533. The second kappa shape index (κ2) is 15.0. The lowest BCUT2D eigenvalue weighted by Crippen LogP contribution is -2.29. The highest BCUT2D eigenvalue weighted by atomic mass is 35.5. The molecule has 2 aromatic rings. The van der Waals surface area contributed by atoms with Crippen molar-refractivity contribution in [2.75, 3.05) is 6.61 Å². The molecule has 0 aromatic heterocycles. The van der Waals surface area contributed by atoms with Crippen LogP contribution in [0.4, 0.5) is 4.39 Å². The van der Waals surface area contributed by atoms with Gasteiger partial charge in [-0.05, 0) is 99.7 Å². The van der Waals surface area contributed by atoms with Gasteiger partial charge in [-0.15, -0.1) is 11.6 Å². The van der Waals surface area contributed by atoms with Crippen LogP contribution in [-0.2, 0) is 16.0 Å². The summed E-state index contributed by atoms with van der Waals surface area (Å²) in [4.78, 5) is 24.4. The molecule has 0 heterocycles. The molecule has 2 aromatic carbocycles. The maximum absolute atomic E-state index is 13.9. The van der Waals surface area contributed by atoms with E-state index >= 15 is 0 Å². The van der Waals surface area contributed by atoms with Gasteiger partial charge in [0.25, 0.3) is 0 Å². The average molecular weight is 533 g/mol. The molecule has 2 atom stereocenters. The quantitative estimate of drug-likeness (QED) is 0.152. The molecule has 1 saturated carbocycles. The van der Waals surface area contributed by atoms with Gasteiger partial charge in [0.2, 0.25) is 0 Å². The number of unbranched alkanes of at least 4 members (excludes halogenated alkanes) is 1. The van der Waals surface area contributed by atoms with Crippen molar-refractivity contribution in [1.29, 1.82) is 0 Å². The van der Waals surface area contributed by atoms with Crippen molar-refractivity contribution in [2.24, 2.45) is 5.92 Å². The lowest BCUT2D eigenvalue weighted by molar-refractivity contribution is -0.157. The van der Waals surface area contributed by atoms with Crippen molar-refractivity contribution in [3.8, 4) is 11.5 Å². The van der Waals surface area contributed by atoms with Gasteiger partial charge in [0.15, 0.2) is 6.17 Å². The molecule has 1 aliphatic carbocycles. The molecule has 0 N–H and O–H groups in total. The summed E-state index contributed by atoms with van der Waals surface area (Å²) in [6.45, 7) is 4.23. The second-order valence-electron chi connectivity index (χ2n) is 9.88. The van der Waals surface area contributed by atoms with E-state index in [9.17, 15) is 14.0 Å².